The third kappa shape index (κ3) is 3.63. The fraction of sp³-hybridized carbons (Fsp3) is 0.294. The third-order valence-electron chi connectivity index (χ3n) is 4.21. The van der Waals surface area contributed by atoms with E-state index in [1.807, 2.05) is 0 Å². The van der Waals surface area contributed by atoms with Gasteiger partial charge in [0.15, 0.2) is 5.78 Å². The van der Waals surface area contributed by atoms with E-state index in [0.717, 1.165) is 0 Å². The van der Waals surface area contributed by atoms with E-state index < -0.39 is 10.0 Å². The van der Waals surface area contributed by atoms with Crippen LogP contribution in [0.2, 0.25) is 0 Å². The Morgan fingerprint density at radius 1 is 1.00 bits per heavy atom. The molecule has 136 valence electrons. The van der Waals surface area contributed by atoms with Crippen LogP contribution in [0.3, 0.4) is 0 Å². The fourth-order valence-electron chi connectivity index (χ4n) is 2.71. The number of nitrogens with zero attached hydrogens (tertiary/aromatic N) is 4. The molecule has 1 aliphatic heterocycles. The number of hydrogen-bond acceptors (Lipinski definition) is 6. The van der Waals surface area contributed by atoms with Crippen LogP contribution >= 0.6 is 0 Å². The zero-order valence-electron chi connectivity index (χ0n) is 14.2. The highest BCUT2D eigenvalue weighted by atomic mass is 32.2. The smallest absolute Gasteiger partial charge is 0.274 e. The molecule has 1 aromatic carbocycles. The van der Waals surface area contributed by atoms with Crippen molar-refractivity contribution in [2.45, 2.75) is 11.8 Å². The molecular formula is C17H18N4O4S. The Bertz CT molecular complexity index is 906. The lowest BCUT2D eigenvalue weighted by atomic mass is 10.2. The molecule has 0 radical (unpaired) electrons. The highest BCUT2D eigenvalue weighted by Gasteiger charge is 2.30. The summed E-state index contributed by atoms with van der Waals surface area (Å²) in [6.45, 7) is 2.38. The summed E-state index contributed by atoms with van der Waals surface area (Å²) < 4.78 is 26.8. The van der Waals surface area contributed by atoms with Gasteiger partial charge in [-0.05, 0) is 19.1 Å². The Morgan fingerprint density at radius 2 is 1.65 bits per heavy atom. The molecule has 0 bridgehead atoms. The zero-order chi connectivity index (χ0) is 18.7. The molecular weight excluding hydrogens is 356 g/mol. The van der Waals surface area contributed by atoms with Gasteiger partial charge < -0.3 is 4.90 Å². The van der Waals surface area contributed by atoms with Crippen molar-refractivity contribution in [1.29, 1.82) is 0 Å². The molecule has 9 heteroatoms. The van der Waals surface area contributed by atoms with Crippen LogP contribution in [0.15, 0.2) is 47.8 Å². The predicted octanol–water partition coefficient (Wildman–Crippen LogP) is 0.826. The highest BCUT2D eigenvalue weighted by Crippen LogP contribution is 2.19. The van der Waals surface area contributed by atoms with Crippen molar-refractivity contribution in [1.82, 2.24) is 19.2 Å². The van der Waals surface area contributed by atoms with Gasteiger partial charge >= 0.3 is 0 Å². The number of Topliss-reactive ketones (excluding diaryl/α,β-unsaturated/α-hetero) is 1. The monoisotopic (exact) mass is 374 g/mol. The average Bonchev–Trinajstić information content (AvgIpc) is 2.68. The average molecular weight is 374 g/mol. The SMILES string of the molecule is CC(=O)c1ccc(S(=O)(=O)N2CCN(C(=O)c3cnccn3)CC2)cc1. The van der Waals surface area contributed by atoms with Crippen molar-refractivity contribution >= 4 is 21.7 Å². The molecule has 1 aliphatic rings. The van der Waals surface area contributed by atoms with Crippen molar-refractivity contribution in [3.05, 3.63) is 54.1 Å². The van der Waals surface area contributed by atoms with E-state index >= 15 is 0 Å². The Kier molecular flexibility index (Phi) is 5.10. The molecule has 2 heterocycles. The second-order valence-electron chi connectivity index (χ2n) is 5.87. The van der Waals surface area contributed by atoms with Crippen molar-refractivity contribution in [2.24, 2.45) is 0 Å². The number of piperazine rings is 1. The first kappa shape index (κ1) is 18.2. The molecule has 0 aliphatic carbocycles. The summed E-state index contributed by atoms with van der Waals surface area (Å²) >= 11 is 0. The van der Waals surface area contributed by atoms with Crippen LogP contribution in [0.1, 0.15) is 27.8 Å². The maximum absolute atomic E-state index is 12.7. The standard InChI is InChI=1S/C17H18N4O4S/c1-13(22)14-2-4-15(5-3-14)26(24,25)21-10-8-20(9-11-21)17(23)16-12-18-6-7-19-16/h2-7,12H,8-11H2,1H3. The van der Waals surface area contributed by atoms with Gasteiger partial charge in [0.2, 0.25) is 10.0 Å². The maximum Gasteiger partial charge on any atom is 0.274 e. The Balaban J connectivity index is 1.68. The van der Waals surface area contributed by atoms with E-state index in [1.165, 1.54) is 54.1 Å². The minimum absolute atomic E-state index is 0.120. The highest BCUT2D eigenvalue weighted by molar-refractivity contribution is 7.89. The molecule has 1 saturated heterocycles. The normalized spacial score (nSPS) is 15.7. The molecule has 8 nitrogen and oxygen atoms in total. The van der Waals surface area contributed by atoms with Crippen LogP contribution in [0.25, 0.3) is 0 Å². The quantitative estimate of drug-likeness (QED) is 0.735. The first-order valence-corrected chi connectivity index (χ1v) is 9.50. The molecule has 2 aromatic rings. The minimum Gasteiger partial charge on any atom is -0.335 e. The summed E-state index contributed by atoms with van der Waals surface area (Å²) in [5.74, 6) is -0.383. The number of benzene rings is 1. The lowest BCUT2D eigenvalue weighted by Crippen LogP contribution is -2.50. The summed E-state index contributed by atoms with van der Waals surface area (Å²) in [5.41, 5.74) is 0.701. The van der Waals surface area contributed by atoms with Gasteiger partial charge in [0.1, 0.15) is 5.69 Å². The van der Waals surface area contributed by atoms with E-state index in [2.05, 4.69) is 9.97 Å². The zero-order valence-corrected chi connectivity index (χ0v) is 15.0. The summed E-state index contributed by atoms with van der Waals surface area (Å²) in [6, 6.07) is 5.87. The van der Waals surface area contributed by atoms with Gasteiger partial charge in [-0.15, -0.1) is 0 Å². The topological polar surface area (TPSA) is 101 Å². The number of rotatable bonds is 4. The molecule has 26 heavy (non-hydrogen) atoms. The molecule has 3 rings (SSSR count). The molecule has 0 spiro atoms. The van der Waals surface area contributed by atoms with Crippen molar-refractivity contribution < 1.29 is 18.0 Å². The lowest BCUT2D eigenvalue weighted by molar-refractivity contribution is 0.0691. The first-order valence-electron chi connectivity index (χ1n) is 8.06. The number of aromatic nitrogens is 2. The Hall–Kier alpha value is -2.65. The molecule has 0 saturated carbocycles. The van der Waals surface area contributed by atoms with Crippen molar-refractivity contribution in [3.8, 4) is 0 Å². The van der Waals surface area contributed by atoms with Crippen LogP contribution in [-0.2, 0) is 10.0 Å². The van der Waals surface area contributed by atoms with Crippen molar-refractivity contribution in [2.75, 3.05) is 26.2 Å². The van der Waals surface area contributed by atoms with Crippen LogP contribution in [-0.4, -0.2) is 65.5 Å². The summed E-state index contributed by atoms with van der Waals surface area (Å²) in [5, 5.41) is 0. The van der Waals surface area contributed by atoms with E-state index in [1.54, 1.807) is 4.90 Å². The molecule has 0 unspecified atom stereocenters. The Labute approximate surface area is 151 Å². The Morgan fingerprint density at radius 3 is 2.19 bits per heavy atom. The largest absolute Gasteiger partial charge is 0.335 e. The summed E-state index contributed by atoms with van der Waals surface area (Å²) in [7, 11) is -3.66. The van der Waals surface area contributed by atoms with Crippen LogP contribution in [0.5, 0.6) is 0 Å². The van der Waals surface area contributed by atoms with E-state index in [4.69, 9.17) is 0 Å². The number of hydrogen-bond donors (Lipinski definition) is 0. The van der Waals surface area contributed by atoms with Gasteiger partial charge in [0, 0.05) is 44.1 Å². The second-order valence-corrected chi connectivity index (χ2v) is 7.81. The number of carbonyl (C=O) groups is 2. The summed E-state index contributed by atoms with van der Waals surface area (Å²) in [4.78, 5) is 33.2. The number of sulfonamides is 1. The van der Waals surface area contributed by atoms with Crippen LogP contribution in [0.4, 0.5) is 0 Å². The number of carbonyl (C=O) groups excluding carboxylic acids is 2. The first-order chi connectivity index (χ1) is 12.4. The fourth-order valence-corrected chi connectivity index (χ4v) is 4.14. The van der Waals surface area contributed by atoms with Crippen LogP contribution in [0, 0.1) is 0 Å². The minimum atomic E-state index is -3.66. The second kappa shape index (κ2) is 7.30. The maximum atomic E-state index is 12.7. The lowest BCUT2D eigenvalue weighted by Gasteiger charge is -2.33. The molecule has 1 amide bonds. The number of ketones is 1. The van der Waals surface area contributed by atoms with Gasteiger partial charge in [-0.25, -0.2) is 13.4 Å². The van der Waals surface area contributed by atoms with Crippen molar-refractivity contribution in [3.63, 3.8) is 0 Å². The summed E-state index contributed by atoms with van der Waals surface area (Å²) in [6.07, 6.45) is 4.32. The molecule has 1 aromatic heterocycles. The molecule has 0 atom stereocenters. The van der Waals surface area contributed by atoms with Gasteiger partial charge in [-0.2, -0.15) is 4.31 Å². The molecule has 0 N–H and O–H groups in total. The van der Waals surface area contributed by atoms with E-state index in [9.17, 15) is 18.0 Å². The third-order valence-corrected chi connectivity index (χ3v) is 6.12. The van der Waals surface area contributed by atoms with Gasteiger partial charge in [-0.1, -0.05) is 12.1 Å². The van der Waals surface area contributed by atoms with E-state index in [0.29, 0.717) is 5.56 Å². The van der Waals surface area contributed by atoms with Gasteiger partial charge in [-0.3, -0.25) is 14.6 Å². The predicted molar refractivity (Wildman–Crippen MR) is 93.1 cm³/mol. The molecule has 1 fully saturated rings. The van der Waals surface area contributed by atoms with Gasteiger partial charge in [0.25, 0.3) is 5.91 Å². The number of amides is 1. The van der Waals surface area contributed by atoms with Crippen LogP contribution < -0.4 is 0 Å². The van der Waals surface area contributed by atoms with Gasteiger partial charge in [0.05, 0.1) is 11.1 Å². The van der Waals surface area contributed by atoms with E-state index in [-0.39, 0.29) is 48.5 Å².